The number of nitrogens with zero attached hydrogens (tertiary/aromatic N) is 3. The number of para-hydroxylation sites is 6. The van der Waals surface area contributed by atoms with E-state index in [0.29, 0.717) is 0 Å². The summed E-state index contributed by atoms with van der Waals surface area (Å²) in [5.74, 6) is 0. The quantitative estimate of drug-likeness (QED) is 0.160. The highest BCUT2D eigenvalue weighted by atomic mass is 16.3. The predicted molar refractivity (Wildman–Crippen MR) is 308 cm³/mol. The van der Waals surface area contributed by atoms with Crippen molar-refractivity contribution in [1.82, 2.24) is 4.57 Å². The van der Waals surface area contributed by atoms with Gasteiger partial charge in [-0.25, -0.2) is 0 Å². The summed E-state index contributed by atoms with van der Waals surface area (Å²) in [7, 11) is 0. The van der Waals surface area contributed by atoms with Gasteiger partial charge in [0.05, 0.1) is 33.8 Å². The first-order valence-electron chi connectivity index (χ1n) is 25.3. The number of benzene rings is 11. The number of hydrogen-bond donors (Lipinski definition) is 0. The minimum Gasteiger partial charge on any atom is -0.454 e. The lowest BCUT2D eigenvalue weighted by Crippen LogP contribution is -2.13. The van der Waals surface area contributed by atoms with Crippen molar-refractivity contribution in [2.24, 2.45) is 0 Å². The SMILES string of the molecule is Cc1ccccc1N(c1cc2c(c3ccccc13)c1c3ccccc3c(N(c3ccccc3C)c3cccc4c3oc3ccccc34)cc1n2-c1ccc(C(C)(C)C)cc1)c1cccc2c1oc1ccccc12. The van der Waals surface area contributed by atoms with Gasteiger partial charge in [0.1, 0.15) is 11.2 Å². The van der Waals surface area contributed by atoms with Crippen molar-refractivity contribution < 1.29 is 8.83 Å². The van der Waals surface area contributed by atoms with Crippen LogP contribution in [0.15, 0.2) is 227 Å². The van der Waals surface area contributed by atoms with Crippen LogP contribution in [-0.2, 0) is 5.41 Å². The average molecular weight is 942 g/mol. The monoisotopic (exact) mass is 941 g/mol. The Morgan fingerprint density at radius 2 is 0.712 bits per heavy atom. The van der Waals surface area contributed by atoms with Gasteiger partial charge >= 0.3 is 0 Å². The van der Waals surface area contributed by atoms with Gasteiger partial charge in [-0.05, 0) is 107 Å². The van der Waals surface area contributed by atoms with E-state index in [2.05, 4.69) is 255 Å². The summed E-state index contributed by atoms with van der Waals surface area (Å²) in [5, 5.41) is 11.4. The highest BCUT2D eigenvalue weighted by molar-refractivity contribution is 6.32. The molecule has 0 unspecified atom stereocenters. The van der Waals surface area contributed by atoms with E-state index >= 15 is 0 Å². The Morgan fingerprint density at radius 3 is 1.15 bits per heavy atom. The zero-order valence-corrected chi connectivity index (χ0v) is 41.4. The lowest BCUT2D eigenvalue weighted by atomic mass is 9.87. The van der Waals surface area contributed by atoms with E-state index in [1.165, 1.54) is 27.1 Å². The number of rotatable bonds is 7. The molecule has 0 spiro atoms. The van der Waals surface area contributed by atoms with Crippen LogP contribution in [0.5, 0.6) is 0 Å². The first-order chi connectivity index (χ1) is 35.7. The number of hydrogen-bond acceptors (Lipinski definition) is 4. The third-order valence-corrected chi connectivity index (χ3v) is 15.2. The van der Waals surface area contributed by atoms with Crippen LogP contribution < -0.4 is 9.80 Å². The Bertz CT molecular complexity index is 4260. The third kappa shape index (κ3) is 6.55. The Labute approximate surface area is 423 Å². The largest absolute Gasteiger partial charge is 0.454 e. The molecule has 0 aliphatic carbocycles. The van der Waals surface area contributed by atoms with E-state index in [1.54, 1.807) is 0 Å². The van der Waals surface area contributed by atoms with Gasteiger partial charge in [0, 0.05) is 60.2 Å². The van der Waals surface area contributed by atoms with Gasteiger partial charge in [-0.2, -0.15) is 0 Å². The van der Waals surface area contributed by atoms with Crippen LogP contribution in [0.25, 0.3) is 92.9 Å². The molecule has 5 nitrogen and oxygen atoms in total. The van der Waals surface area contributed by atoms with E-state index in [0.717, 1.165) is 117 Å². The van der Waals surface area contributed by atoms with Gasteiger partial charge < -0.3 is 23.2 Å². The summed E-state index contributed by atoms with van der Waals surface area (Å²) in [5.41, 5.74) is 16.5. The fourth-order valence-corrected chi connectivity index (χ4v) is 11.7. The maximum absolute atomic E-state index is 6.88. The molecule has 0 fully saturated rings. The first kappa shape index (κ1) is 42.8. The predicted octanol–water partition coefficient (Wildman–Crippen LogP) is 19.7. The molecule has 0 aliphatic rings. The molecule has 3 aromatic heterocycles. The van der Waals surface area contributed by atoms with Gasteiger partial charge in [-0.3, -0.25) is 0 Å². The molecule has 11 aromatic carbocycles. The Kier molecular flexibility index (Phi) is 9.52. The maximum Gasteiger partial charge on any atom is 0.159 e. The second kappa shape index (κ2) is 16.2. The van der Waals surface area contributed by atoms with Gasteiger partial charge in [-0.1, -0.05) is 178 Å². The third-order valence-electron chi connectivity index (χ3n) is 15.2. The van der Waals surface area contributed by atoms with E-state index in [1.807, 2.05) is 12.1 Å². The average Bonchev–Trinajstić information content (AvgIpc) is 4.10. The van der Waals surface area contributed by atoms with Crippen LogP contribution in [0.4, 0.5) is 34.1 Å². The summed E-state index contributed by atoms with van der Waals surface area (Å²) in [6, 6.07) is 79.3. The molecule has 14 rings (SSSR count). The fraction of sp³-hybridized carbons (Fsp3) is 0.0882. The molecule has 0 atom stereocenters. The number of aromatic nitrogens is 1. The molecular formula is C68H51N3O2. The van der Waals surface area contributed by atoms with Crippen molar-refractivity contribution in [2.45, 2.75) is 40.0 Å². The highest BCUT2D eigenvalue weighted by Crippen LogP contribution is 2.52. The van der Waals surface area contributed by atoms with Crippen LogP contribution in [0.1, 0.15) is 37.5 Å². The van der Waals surface area contributed by atoms with Crippen LogP contribution in [0.2, 0.25) is 0 Å². The van der Waals surface area contributed by atoms with E-state index < -0.39 is 0 Å². The molecular weight excluding hydrogens is 891 g/mol. The number of aryl methyl sites for hydroxylation is 2. The summed E-state index contributed by atoms with van der Waals surface area (Å²) in [6.07, 6.45) is 0. The van der Waals surface area contributed by atoms with Crippen LogP contribution in [0.3, 0.4) is 0 Å². The zero-order valence-electron chi connectivity index (χ0n) is 41.4. The molecule has 0 aliphatic heterocycles. The molecule has 3 heterocycles. The smallest absolute Gasteiger partial charge is 0.159 e. The summed E-state index contributed by atoms with van der Waals surface area (Å²) in [6.45, 7) is 11.3. The molecule has 350 valence electrons. The normalized spacial score (nSPS) is 12.2. The van der Waals surface area contributed by atoms with Crippen molar-refractivity contribution >= 4 is 121 Å². The topological polar surface area (TPSA) is 37.7 Å². The van der Waals surface area contributed by atoms with E-state index in [4.69, 9.17) is 8.83 Å². The Morgan fingerprint density at radius 1 is 0.342 bits per heavy atom. The summed E-state index contributed by atoms with van der Waals surface area (Å²) >= 11 is 0. The number of anilines is 6. The second-order valence-corrected chi connectivity index (χ2v) is 20.6. The van der Waals surface area contributed by atoms with Gasteiger partial charge in [0.15, 0.2) is 11.2 Å². The molecule has 0 bridgehead atoms. The molecule has 0 saturated heterocycles. The van der Waals surface area contributed by atoms with Crippen molar-refractivity contribution in [3.05, 3.63) is 235 Å². The Balaban J connectivity index is 1.15. The van der Waals surface area contributed by atoms with Crippen molar-refractivity contribution in [3.8, 4) is 5.69 Å². The van der Waals surface area contributed by atoms with Crippen molar-refractivity contribution in [3.63, 3.8) is 0 Å². The minimum atomic E-state index is -0.0243. The van der Waals surface area contributed by atoms with Crippen LogP contribution in [0, 0.1) is 13.8 Å². The fourth-order valence-electron chi connectivity index (χ4n) is 11.7. The lowest BCUT2D eigenvalue weighted by Gasteiger charge is -2.28. The zero-order chi connectivity index (χ0) is 49.1. The van der Waals surface area contributed by atoms with E-state index in [-0.39, 0.29) is 5.41 Å². The van der Waals surface area contributed by atoms with Gasteiger partial charge in [-0.15, -0.1) is 0 Å². The van der Waals surface area contributed by atoms with E-state index in [9.17, 15) is 0 Å². The van der Waals surface area contributed by atoms with Gasteiger partial charge in [0.2, 0.25) is 0 Å². The molecule has 14 aromatic rings. The Hall–Kier alpha value is -9.06. The molecule has 0 amide bonds. The first-order valence-corrected chi connectivity index (χ1v) is 25.3. The van der Waals surface area contributed by atoms with Gasteiger partial charge in [0.25, 0.3) is 0 Å². The van der Waals surface area contributed by atoms with Crippen LogP contribution >= 0.6 is 0 Å². The highest BCUT2D eigenvalue weighted by Gasteiger charge is 2.29. The number of fused-ring (bicyclic) bond motifs is 13. The number of furan rings is 2. The lowest BCUT2D eigenvalue weighted by molar-refractivity contribution is 0.590. The van der Waals surface area contributed by atoms with Crippen molar-refractivity contribution in [1.29, 1.82) is 0 Å². The molecule has 0 N–H and O–H groups in total. The minimum absolute atomic E-state index is 0.0243. The summed E-state index contributed by atoms with van der Waals surface area (Å²) < 4.78 is 16.3. The maximum atomic E-state index is 6.88. The summed E-state index contributed by atoms with van der Waals surface area (Å²) in [4.78, 5) is 4.87. The van der Waals surface area contributed by atoms with Crippen LogP contribution in [-0.4, -0.2) is 4.57 Å². The second-order valence-electron chi connectivity index (χ2n) is 20.6. The molecule has 0 radical (unpaired) electrons. The molecule has 0 saturated carbocycles. The molecule has 5 heteroatoms. The van der Waals surface area contributed by atoms with Crippen molar-refractivity contribution in [2.75, 3.05) is 9.80 Å². The standard InChI is InChI=1S/C68H51N3O2/c1-42-20-6-14-30-54(42)70(56-32-18-28-52-48-24-12-16-34-62(48)72-66(52)56)58-40-60-64(50-26-10-8-22-46(50)58)65-51-27-11-9-23-47(51)59(41-61(65)69(60)45-38-36-44(37-39-45)68(3,4)5)71(55-31-15-7-21-43(55)2)57-33-19-29-53-49-25-13-17-35-63(49)73-67(53)57/h6-41H,1-5H3. The molecule has 73 heavy (non-hydrogen) atoms.